The number of hydrogen-bond donors (Lipinski definition) is 1. The molecular formula is C18H25N3O3S2. The highest BCUT2D eigenvalue weighted by atomic mass is 32.2. The Kier molecular flexibility index (Phi) is 5.27. The lowest BCUT2D eigenvalue weighted by Gasteiger charge is -2.40. The highest BCUT2D eigenvalue weighted by Gasteiger charge is 2.32. The Balaban J connectivity index is 1.46. The van der Waals surface area contributed by atoms with Crippen LogP contribution in [0.1, 0.15) is 32.1 Å². The molecule has 0 spiro atoms. The number of piperazine rings is 1. The number of carbonyl (C=O) groups is 1. The lowest BCUT2D eigenvalue weighted by molar-refractivity contribution is -0.113. The van der Waals surface area contributed by atoms with Gasteiger partial charge in [0.1, 0.15) is 0 Å². The summed E-state index contributed by atoms with van der Waals surface area (Å²) in [5.41, 5.74) is 0.605. The van der Waals surface area contributed by atoms with Crippen molar-refractivity contribution in [3.8, 4) is 0 Å². The highest BCUT2D eigenvalue weighted by molar-refractivity contribution is 8.00. The standard InChI is InChI=1S/C18H25N3O3S2/c22-18-13-25-17-7-6-15(12-16(17)19-18)26(23,24)21-10-8-20(9-11-21)14-4-2-1-3-5-14/h6-7,12,14H,1-5,8-11,13H2,(H,19,22). The molecule has 2 heterocycles. The summed E-state index contributed by atoms with van der Waals surface area (Å²) < 4.78 is 27.6. The van der Waals surface area contributed by atoms with Crippen molar-refractivity contribution < 1.29 is 13.2 Å². The minimum absolute atomic E-state index is 0.0851. The van der Waals surface area contributed by atoms with E-state index in [-0.39, 0.29) is 10.8 Å². The molecule has 1 N–H and O–H groups in total. The van der Waals surface area contributed by atoms with E-state index < -0.39 is 10.0 Å². The smallest absolute Gasteiger partial charge is 0.243 e. The molecule has 1 saturated carbocycles. The van der Waals surface area contributed by atoms with Gasteiger partial charge in [0, 0.05) is 37.1 Å². The van der Waals surface area contributed by atoms with Gasteiger partial charge in [0.15, 0.2) is 0 Å². The second-order valence-electron chi connectivity index (χ2n) is 7.23. The van der Waals surface area contributed by atoms with Crippen molar-refractivity contribution in [1.82, 2.24) is 9.21 Å². The lowest BCUT2D eigenvalue weighted by atomic mass is 9.94. The number of rotatable bonds is 3. The van der Waals surface area contributed by atoms with Crippen LogP contribution >= 0.6 is 11.8 Å². The van der Waals surface area contributed by atoms with Gasteiger partial charge in [-0.25, -0.2) is 8.42 Å². The molecule has 0 atom stereocenters. The van der Waals surface area contributed by atoms with Crippen molar-refractivity contribution in [1.29, 1.82) is 0 Å². The van der Waals surface area contributed by atoms with Crippen LogP contribution in [0.4, 0.5) is 5.69 Å². The average molecular weight is 396 g/mol. The number of amides is 1. The van der Waals surface area contributed by atoms with Gasteiger partial charge in [0.05, 0.1) is 16.3 Å². The summed E-state index contributed by atoms with van der Waals surface area (Å²) >= 11 is 1.44. The van der Waals surface area contributed by atoms with Gasteiger partial charge in [-0.1, -0.05) is 19.3 Å². The minimum atomic E-state index is -3.52. The molecule has 1 aromatic carbocycles. The van der Waals surface area contributed by atoms with E-state index in [9.17, 15) is 13.2 Å². The maximum absolute atomic E-state index is 13.0. The predicted octanol–water partition coefficient (Wildman–Crippen LogP) is 2.37. The maximum atomic E-state index is 13.0. The second-order valence-corrected chi connectivity index (χ2v) is 10.2. The van der Waals surface area contributed by atoms with Gasteiger partial charge in [0.25, 0.3) is 0 Å². The molecule has 4 rings (SSSR count). The minimum Gasteiger partial charge on any atom is -0.324 e. The number of nitrogens with zero attached hydrogens (tertiary/aromatic N) is 2. The van der Waals surface area contributed by atoms with Crippen molar-refractivity contribution in [3.05, 3.63) is 18.2 Å². The van der Waals surface area contributed by atoms with E-state index in [2.05, 4.69) is 10.2 Å². The summed E-state index contributed by atoms with van der Waals surface area (Å²) in [4.78, 5) is 15.2. The molecule has 2 aliphatic heterocycles. The van der Waals surface area contributed by atoms with Crippen molar-refractivity contribution in [2.45, 2.75) is 47.9 Å². The number of benzene rings is 1. The van der Waals surface area contributed by atoms with E-state index in [0.29, 0.717) is 30.6 Å². The van der Waals surface area contributed by atoms with Crippen LogP contribution in [0.15, 0.2) is 28.0 Å². The lowest BCUT2D eigenvalue weighted by Crippen LogP contribution is -2.52. The maximum Gasteiger partial charge on any atom is 0.243 e. The topological polar surface area (TPSA) is 69.7 Å². The van der Waals surface area contributed by atoms with Crippen LogP contribution < -0.4 is 5.32 Å². The first-order valence-electron chi connectivity index (χ1n) is 9.35. The Morgan fingerprint density at radius 2 is 1.77 bits per heavy atom. The van der Waals surface area contributed by atoms with Gasteiger partial charge in [-0.05, 0) is 31.0 Å². The van der Waals surface area contributed by atoms with E-state index >= 15 is 0 Å². The molecule has 1 amide bonds. The van der Waals surface area contributed by atoms with Gasteiger partial charge in [-0.2, -0.15) is 4.31 Å². The normalized spacial score (nSPS) is 23.5. The molecule has 0 radical (unpaired) electrons. The first-order chi connectivity index (χ1) is 12.5. The monoisotopic (exact) mass is 395 g/mol. The third-order valence-electron chi connectivity index (χ3n) is 5.59. The summed E-state index contributed by atoms with van der Waals surface area (Å²) in [6.07, 6.45) is 6.41. The Bertz CT molecular complexity index is 783. The van der Waals surface area contributed by atoms with Crippen LogP contribution in [0.3, 0.4) is 0 Å². The molecular weight excluding hydrogens is 370 g/mol. The summed E-state index contributed by atoms with van der Waals surface area (Å²) in [5.74, 6) is 0.292. The van der Waals surface area contributed by atoms with Gasteiger partial charge >= 0.3 is 0 Å². The van der Waals surface area contributed by atoms with Crippen molar-refractivity contribution in [2.24, 2.45) is 0 Å². The van der Waals surface area contributed by atoms with Crippen molar-refractivity contribution in [2.75, 3.05) is 37.2 Å². The fourth-order valence-electron chi connectivity index (χ4n) is 4.13. The zero-order valence-electron chi connectivity index (χ0n) is 14.8. The summed E-state index contributed by atoms with van der Waals surface area (Å²) in [7, 11) is -3.52. The zero-order valence-corrected chi connectivity index (χ0v) is 16.4. The molecule has 1 saturated heterocycles. The summed E-state index contributed by atoms with van der Waals surface area (Å²) in [6.45, 7) is 2.69. The van der Waals surface area contributed by atoms with Gasteiger partial charge in [0.2, 0.25) is 15.9 Å². The van der Waals surface area contributed by atoms with Crippen LogP contribution in [0.2, 0.25) is 0 Å². The number of hydrogen-bond acceptors (Lipinski definition) is 5. The first kappa shape index (κ1) is 18.3. The Labute approximate surface area is 159 Å². The molecule has 1 aliphatic carbocycles. The number of carbonyl (C=O) groups excluding carboxylic acids is 1. The zero-order chi connectivity index (χ0) is 18.1. The Morgan fingerprint density at radius 3 is 2.50 bits per heavy atom. The molecule has 8 heteroatoms. The summed E-state index contributed by atoms with van der Waals surface area (Å²) in [5, 5.41) is 2.77. The van der Waals surface area contributed by atoms with E-state index in [0.717, 1.165) is 18.0 Å². The summed E-state index contributed by atoms with van der Waals surface area (Å²) in [6, 6.07) is 5.68. The Hall–Kier alpha value is -1.09. The molecule has 0 bridgehead atoms. The molecule has 0 aromatic heterocycles. The fourth-order valence-corrected chi connectivity index (χ4v) is 6.36. The number of nitrogens with one attached hydrogen (secondary N) is 1. The molecule has 3 aliphatic rings. The molecule has 26 heavy (non-hydrogen) atoms. The molecule has 0 unspecified atom stereocenters. The molecule has 2 fully saturated rings. The van der Waals surface area contributed by atoms with Crippen LogP contribution in [0.5, 0.6) is 0 Å². The van der Waals surface area contributed by atoms with Gasteiger partial charge in [-0.3, -0.25) is 9.69 Å². The predicted molar refractivity (Wildman–Crippen MR) is 103 cm³/mol. The third kappa shape index (κ3) is 3.65. The average Bonchev–Trinajstić information content (AvgIpc) is 2.68. The van der Waals surface area contributed by atoms with E-state index in [4.69, 9.17) is 0 Å². The number of thioether (sulfide) groups is 1. The molecule has 142 valence electrons. The van der Waals surface area contributed by atoms with Gasteiger partial charge in [-0.15, -0.1) is 11.8 Å². The molecule has 6 nitrogen and oxygen atoms in total. The first-order valence-corrected chi connectivity index (χ1v) is 11.8. The fraction of sp³-hybridized carbons (Fsp3) is 0.611. The van der Waals surface area contributed by atoms with Crippen LogP contribution in [0, 0.1) is 0 Å². The van der Waals surface area contributed by atoms with Crippen molar-refractivity contribution >= 4 is 33.4 Å². The number of fused-ring (bicyclic) bond motifs is 1. The quantitative estimate of drug-likeness (QED) is 0.851. The van der Waals surface area contributed by atoms with Crippen LogP contribution in [0.25, 0.3) is 0 Å². The van der Waals surface area contributed by atoms with E-state index in [1.54, 1.807) is 22.5 Å². The van der Waals surface area contributed by atoms with E-state index in [1.165, 1.54) is 43.9 Å². The van der Waals surface area contributed by atoms with Gasteiger partial charge < -0.3 is 5.32 Å². The molecule has 1 aromatic rings. The van der Waals surface area contributed by atoms with Crippen LogP contribution in [-0.4, -0.2) is 61.5 Å². The third-order valence-corrected chi connectivity index (χ3v) is 8.55. The van der Waals surface area contributed by atoms with Crippen LogP contribution in [-0.2, 0) is 14.8 Å². The highest BCUT2D eigenvalue weighted by Crippen LogP contribution is 2.34. The number of anilines is 1. The SMILES string of the molecule is O=C1CSc2ccc(S(=O)(=O)N3CCN(C4CCCCC4)CC3)cc2N1. The van der Waals surface area contributed by atoms with E-state index in [1.807, 2.05) is 0 Å². The largest absolute Gasteiger partial charge is 0.324 e. The number of sulfonamides is 1. The Morgan fingerprint density at radius 1 is 1.04 bits per heavy atom. The second kappa shape index (κ2) is 7.50. The van der Waals surface area contributed by atoms with Crippen molar-refractivity contribution in [3.63, 3.8) is 0 Å².